The molecule has 0 saturated carbocycles. The number of likely N-dealkylation sites (tertiary alicyclic amines) is 2. The molecule has 0 bridgehead atoms. The normalized spacial score (nSPS) is 19.5. The lowest BCUT2D eigenvalue weighted by Gasteiger charge is -2.36. The number of piperidine rings is 1. The lowest BCUT2D eigenvalue weighted by Crippen LogP contribution is -2.48. The van der Waals surface area contributed by atoms with Gasteiger partial charge in [0.05, 0.1) is 18.7 Å². The summed E-state index contributed by atoms with van der Waals surface area (Å²) >= 11 is 1.36. The molecule has 2 amide bonds. The van der Waals surface area contributed by atoms with Crippen LogP contribution in [0.4, 0.5) is 13.2 Å². The van der Waals surface area contributed by atoms with Crippen molar-refractivity contribution in [3.05, 3.63) is 76.0 Å². The second-order valence-corrected chi connectivity index (χ2v) is 10.1. The highest BCUT2D eigenvalue weighted by Crippen LogP contribution is 2.35. The number of fused-ring (bicyclic) bond motifs is 1. The van der Waals surface area contributed by atoms with Crippen molar-refractivity contribution in [2.24, 2.45) is 5.92 Å². The highest BCUT2D eigenvalue weighted by molar-refractivity contribution is 7.12. The molecule has 10 heteroatoms. The van der Waals surface area contributed by atoms with Crippen molar-refractivity contribution in [1.82, 2.24) is 9.80 Å². The molecule has 6 nitrogen and oxygen atoms in total. The Balaban J connectivity index is 1.24. The van der Waals surface area contributed by atoms with Crippen molar-refractivity contribution in [2.75, 3.05) is 26.7 Å². The third kappa shape index (κ3) is 5.16. The summed E-state index contributed by atoms with van der Waals surface area (Å²) in [6.07, 6.45) is -2.56. The Labute approximate surface area is 216 Å². The van der Waals surface area contributed by atoms with Gasteiger partial charge in [-0.3, -0.25) is 9.59 Å². The number of nitrogens with zero attached hydrogens (tertiary/aromatic N) is 2. The number of rotatable bonds is 5. The molecule has 37 heavy (non-hydrogen) atoms. The number of benzene rings is 2. The Hall–Kier alpha value is -3.53. The summed E-state index contributed by atoms with van der Waals surface area (Å²) in [5.41, 5.74) is -0.266. The molecule has 2 atom stereocenters. The number of ether oxygens (including phenoxy) is 2. The summed E-state index contributed by atoms with van der Waals surface area (Å²) < 4.78 is 49.2. The van der Waals surface area contributed by atoms with Gasteiger partial charge >= 0.3 is 6.18 Å². The molecular weight excluding hydrogens is 505 g/mol. The van der Waals surface area contributed by atoms with E-state index in [1.807, 2.05) is 10.3 Å². The van der Waals surface area contributed by atoms with Gasteiger partial charge in [-0.05, 0) is 78.7 Å². The van der Waals surface area contributed by atoms with Gasteiger partial charge in [0.25, 0.3) is 11.8 Å². The summed E-state index contributed by atoms with van der Waals surface area (Å²) in [7, 11) is 1.55. The highest BCUT2D eigenvalue weighted by Gasteiger charge is 2.43. The van der Waals surface area contributed by atoms with Gasteiger partial charge in [-0.2, -0.15) is 13.2 Å². The molecule has 0 aliphatic carbocycles. The van der Waals surface area contributed by atoms with Crippen LogP contribution in [0.2, 0.25) is 0 Å². The lowest BCUT2D eigenvalue weighted by atomic mass is 9.92. The van der Waals surface area contributed by atoms with Crippen LogP contribution < -0.4 is 9.47 Å². The average Bonchev–Trinajstić information content (AvgIpc) is 3.55. The molecule has 5 rings (SSSR count). The van der Waals surface area contributed by atoms with Gasteiger partial charge in [-0.15, -0.1) is 11.3 Å². The van der Waals surface area contributed by atoms with Crippen LogP contribution in [-0.4, -0.2) is 54.4 Å². The quantitative estimate of drug-likeness (QED) is 0.410. The zero-order valence-corrected chi connectivity index (χ0v) is 20.8. The minimum atomic E-state index is -4.41. The van der Waals surface area contributed by atoms with E-state index in [2.05, 4.69) is 0 Å². The van der Waals surface area contributed by atoms with Gasteiger partial charge in [0.15, 0.2) is 0 Å². The maximum absolute atomic E-state index is 13.3. The Morgan fingerprint density at radius 1 is 0.946 bits per heavy atom. The third-order valence-corrected chi connectivity index (χ3v) is 7.77. The van der Waals surface area contributed by atoms with E-state index in [0.29, 0.717) is 41.6 Å². The van der Waals surface area contributed by atoms with E-state index < -0.39 is 11.7 Å². The number of amides is 2. The minimum Gasteiger partial charge on any atom is -0.495 e. The van der Waals surface area contributed by atoms with Crippen LogP contribution in [0.15, 0.2) is 60.0 Å². The van der Waals surface area contributed by atoms with Crippen molar-refractivity contribution in [2.45, 2.75) is 25.1 Å². The topological polar surface area (TPSA) is 59.1 Å². The summed E-state index contributed by atoms with van der Waals surface area (Å²) in [5, 5.41) is 1.84. The van der Waals surface area contributed by atoms with Crippen LogP contribution in [-0.2, 0) is 6.18 Å². The molecule has 3 aromatic rings. The summed E-state index contributed by atoms with van der Waals surface area (Å²) in [5.74, 6) is 1.28. The number of thiophene rings is 1. The molecule has 1 aromatic heterocycles. The van der Waals surface area contributed by atoms with E-state index in [-0.39, 0.29) is 29.5 Å². The van der Waals surface area contributed by atoms with E-state index in [1.165, 1.54) is 23.5 Å². The maximum atomic E-state index is 13.3. The third-order valence-electron chi connectivity index (χ3n) is 6.89. The van der Waals surface area contributed by atoms with Gasteiger partial charge in [-0.25, -0.2) is 0 Å². The van der Waals surface area contributed by atoms with Crippen molar-refractivity contribution in [3.63, 3.8) is 0 Å². The van der Waals surface area contributed by atoms with E-state index >= 15 is 0 Å². The zero-order valence-electron chi connectivity index (χ0n) is 20.0. The Kier molecular flexibility index (Phi) is 6.85. The zero-order chi connectivity index (χ0) is 26.2. The number of hydrogen-bond acceptors (Lipinski definition) is 5. The molecule has 194 valence electrons. The molecule has 0 radical (unpaired) electrons. The predicted octanol–water partition coefficient (Wildman–Crippen LogP) is 5.94. The Bertz CT molecular complexity index is 1270. The first-order valence-electron chi connectivity index (χ1n) is 11.9. The van der Waals surface area contributed by atoms with E-state index in [0.717, 1.165) is 25.0 Å². The fourth-order valence-electron chi connectivity index (χ4n) is 5.04. The number of alkyl halides is 3. The van der Waals surface area contributed by atoms with Gasteiger partial charge in [0.1, 0.15) is 22.1 Å². The smallest absolute Gasteiger partial charge is 0.416 e. The molecule has 3 heterocycles. The first-order valence-corrected chi connectivity index (χ1v) is 12.8. The number of halogens is 3. The molecular formula is C27H25F3N2O4S. The van der Waals surface area contributed by atoms with E-state index in [1.54, 1.807) is 42.3 Å². The number of methoxy groups -OCH3 is 1. The minimum absolute atomic E-state index is 0.0423. The van der Waals surface area contributed by atoms with Crippen LogP contribution in [0.1, 0.15) is 38.4 Å². The lowest BCUT2D eigenvalue weighted by molar-refractivity contribution is -0.137. The van der Waals surface area contributed by atoms with Crippen LogP contribution in [0, 0.1) is 5.92 Å². The van der Waals surface area contributed by atoms with Crippen LogP contribution in [0.3, 0.4) is 0 Å². The van der Waals surface area contributed by atoms with E-state index in [9.17, 15) is 22.8 Å². The van der Waals surface area contributed by atoms with E-state index in [4.69, 9.17) is 9.47 Å². The number of carbonyl (C=O) groups is 2. The molecule has 2 aliphatic rings. The first kappa shape index (κ1) is 25.1. The van der Waals surface area contributed by atoms with Crippen LogP contribution in [0.5, 0.6) is 17.2 Å². The summed E-state index contributed by atoms with van der Waals surface area (Å²) in [4.78, 5) is 30.8. The molecule has 2 aliphatic heterocycles. The number of hydrogen-bond donors (Lipinski definition) is 0. The second-order valence-electron chi connectivity index (χ2n) is 9.15. The maximum Gasteiger partial charge on any atom is 0.416 e. The largest absolute Gasteiger partial charge is 0.495 e. The number of carbonyl (C=O) groups excluding carboxylic acids is 2. The summed E-state index contributed by atoms with van der Waals surface area (Å²) in [6.45, 7) is 1.70. The van der Waals surface area contributed by atoms with Gasteiger partial charge in [-0.1, -0.05) is 0 Å². The standard InChI is InChI=1S/C27H25F3N2O4S/c1-35-23-12-14-37-24(23)26(34)32-13-2-3-18-15-31(16-22(18)32)25(33)17-4-8-20(9-5-17)36-21-10-6-19(7-11-21)27(28,29)30/h4-12,14,18,22H,2-3,13,15-16H2,1H3/t18-,22+/m1/s1. The van der Waals surface area contributed by atoms with Crippen molar-refractivity contribution in [1.29, 1.82) is 0 Å². The van der Waals surface area contributed by atoms with Gasteiger partial charge in [0.2, 0.25) is 0 Å². The molecule has 2 fully saturated rings. The van der Waals surface area contributed by atoms with Gasteiger partial charge in [0, 0.05) is 25.2 Å². The van der Waals surface area contributed by atoms with Crippen molar-refractivity contribution in [3.8, 4) is 17.2 Å². The first-order chi connectivity index (χ1) is 17.7. The Morgan fingerprint density at radius 3 is 2.27 bits per heavy atom. The summed E-state index contributed by atoms with van der Waals surface area (Å²) in [6, 6.07) is 12.7. The van der Waals surface area contributed by atoms with Crippen LogP contribution in [0.25, 0.3) is 0 Å². The Morgan fingerprint density at radius 2 is 1.62 bits per heavy atom. The fourth-order valence-corrected chi connectivity index (χ4v) is 5.85. The average molecular weight is 531 g/mol. The molecule has 0 unspecified atom stereocenters. The fraction of sp³-hybridized carbons (Fsp3) is 0.333. The highest BCUT2D eigenvalue weighted by atomic mass is 32.1. The molecule has 2 aromatic carbocycles. The van der Waals surface area contributed by atoms with Crippen LogP contribution >= 0.6 is 11.3 Å². The predicted molar refractivity (Wildman–Crippen MR) is 132 cm³/mol. The van der Waals surface area contributed by atoms with Crippen molar-refractivity contribution >= 4 is 23.2 Å². The molecule has 2 saturated heterocycles. The van der Waals surface area contributed by atoms with Gasteiger partial charge < -0.3 is 19.3 Å². The van der Waals surface area contributed by atoms with Crippen molar-refractivity contribution < 1.29 is 32.2 Å². The second kappa shape index (κ2) is 10.1. The SMILES string of the molecule is COc1ccsc1C(=O)N1CCC[C@@H]2CN(C(=O)c3ccc(Oc4ccc(C(F)(F)F)cc4)cc3)C[C@@H]21. The molecule has 0 N–H and O–H groups in total. The monoisotopic (exact) mass is 530 g/mol. The molecule has 0 spiro atoms.